The van der Waals surface area contributed by atoms with Gasteiger partial charge in [0.15, 0.2) is 0 Å². The van der Waals surface area contributed by atoms with Crippen LogP contribution < -0.4 is 9.64 Å². The molecule has 2 aromatic rings. The minimum atomic E-state index is -0.421. The minimum absolute atomic E-state index is 0.398. The summed E-state index contributed by atoms with van der Waals surface area (Å²) < 4.78 is 5.80. The lowest BCUT2D eigenvalue weighted by atomic mass is 10.1. The monoisotopic (exact) mass is 337 g/mol. The summed E-state index contributed by atoms with van der Waals surface area (Å²) in [5, 5.41) is 0. The van der Waals surface area contributed by atoms with Crippen LogP contribution in [0.2, 0.25) is 0 Å². The van der Waals surface area contributed by atoms with Crippen molar-refractivity contribution in [2.24, 2.45) is 0 Å². The molecule has 0 saturated carbocycles. The van der Waals surface area contributed by atoms with E-state index in [0.29, 0.717) is 18.7 Å². The number of unbranched alkanes of at least 4 members (excludes halogenated alkanes) is 1. The van der Waals surface area contributed by atoms with Crippen LogP contribution in [0.1, 0.15) is 39.9 Å². The highest BCUT2D eigenvalue weighted by Gasteiger charge is 2.35. The van der Waals surface area contributed by atoms with Gasteiger partial charge in [-0.05, 0) is 69.0 Å². The Bertz CT molecular complexity index is 806. The molecule has 1 heterocycles. The van der Waals surface area contributed by atoms with Crippen LogP contribution in [-0.2, 0) is 4.79 Å². The maximum Gasteiger partial charge on any atom is 0.299 e. The van der Waals surface area contributed by atoms with Gasteiger partial charge in [0.1, 0.15) is 5.75 Å². The second-order valence-corrected chi connectivity index (χ2v) is 6.69. The molecule has 0 aliphatic carbocycles. The van der Waals surface area contributed by atoms with Gasteiger partial charge in [0.05, 0.1) is 17.9 Å². The third kappa shape index (κ3) is 3.73. The Morgan fingerprint density at radius 2 is 1.60 bits per heavy atom. The van der Waals surface area contributed by atoms with Crippen LogP contribution in [0.5, 0.6) is 5.75 Å². The molecule has 1 aliphatic heterocycles. The first-order valence-corrected chi connectivity index (χ1v) is 8.63. The molecule has 0 atom stereocenters. The van der Waals surface area contributed by atoms with E-state index in [9.17, 15) is 9.59 Å². The van der Waals surface area contributed by atoms with Gasteiger partial charge in [0.2, 0.25) is 0 Å². The van der Waals surface area contributed by atoms with Crippen LogP contribution in [0.3, 0.4) is 0 Å². The number of ether oxygens (including phenoxy) is 1. The maximum absolute atomic E-state index is 12.2. The van der Waals surface area contributed by atoms with E-state index in [1.54, 1.807) is 11.0 Å². The van der Waals surface area contributed by atoms with Gasteiger partial charge in [-0.25, -0.2) is 0 Å². The van der Waals surface area contributed by atoms with Crippen LogP contribution >= 0.6 is 0 Å². The number of amides is 1. The smallest absolute Gasteiger partial charge is 0.299 e. The number of rotatable bonds is 6. The molecule has 0 bridgehead atoms. The summed E-state index contributed by atoms with van der Waals surface area (Å²) in [7, 11) is 0. The minimum Gasteiger partial charge on any atom is -0.494 e. The van der Waals surface area contributed by atoms with Gasteiger partial charge in [-0.2, -0.15) is 0 Å². The molecule has 4 nitrogen and oxygen atoms in total. The number of aryl methyl sites for hydroxylation is 3. The summed E-state index contributed by atoms with van der Waals surface area (Å²) in [6.07, 6.45) is 1.61. The van der Waals surface area contributed by atoms with Gasteiger partial charge in [0.25, 0.3) is 11.7 Å². The topological polar surface area (TPSA) is 46.6 Å². The van der Waals surface area contributed by atoms with Gasteiger partial charge >= 0.3 is 0 Å². The van der Waals surface area contributed by atoms with Crippen LogP contribution in [0, 0.1) is 20.8 Å². The molecule has 4 heteroatoms. The quantitative estimate of drug-likeness (QED) is 0.591. The van der Waals surface area contributed by atoms with Crippen molar-refractivity contribution in [3.8, 4) is 5.75 Å². The van der Waals surface area contributed by atoms with Crippen LogP contribution in [0.15, 0.2) is 36.4 Å². The maximum atomic E-state index is 12.2. The van der Waals surface area contributed by atoms with E-state index in [1.165, 1.54) is 11.1 Å². The second-order valence-electron chi connectivity index (χ2n) is 6.69. The number of hydrogen-bond acceptors (Lipinski definition) is 3. The van der Waals surface area contributed by atoms with Crippen molar-refractivity contribution in [3.63, 3.8) is 0 Å². The van der Waals surface area contributed by atoms with E-state index in [4.69, 9.17) is 4.74 Å². The first-order chi connectivity index (χ1) is 12.0. The highest BCUT2D eigenvalue weighted by atomic mass is 16.5. The molecule has 3 rings (SSSR count). The second kappa shape index (κ2) is 7.09. The molecule has 2 aromatic carbocycles. The number of carbonyl (C=O) groups excluding carboxylic acids is 2. The van der Waals surface area contributed by atoms with Crippen LogP contribution in [0.4, 0.5) is 5.69 Å². The first-order valence-electron chi connectivity index (χ1n) is 8.63. The van der Waals surface area contributed by atoms with Gasteiger partial charge in [-0.15, -0.1) is 0 Å². The summed E-state index contributed by atoms with van der Waals surface area (Å²) in [6.45, 7) is 7.16. The van der Waals surface area contributed by atoms with E-state index in [-0.39, 0.29) is 0 Å². The summed E-state index contributed by atoms with van der Waals surface area (Å²) in [6, 6.07) is 11.7. The van der Waals surface area contributed by atoms with Gasteiger partial charge in [-0.3, -0.25) is 9.59 Å². The Morgan fingerprint density at radius 3 is 2.32 bits per heavy atom. The number of Topliss-reactive ketones (excluding diaryl/α,β-unsaturated/α-hetero) is 1. The third-order valence-electron chi connectivity index (χ3n) is 4.37. The fourth-order valence-corrected chi connectivity index (χ4v) is 3.21. The number of fused-ring (bicyclic) bond motifs is 1. The molecule has 0 aromatic heterocycles. The van der Waals surface area contributed by atoms with Gasteiger partial charge in [-0.1, -0.05) is 17.7 Å². The predicted octanol–water partition coefficient (Wildman–Crippen LogP) is 4.00. The van der Waals surface area contributed by atoms with E-state index in [1.807, 2.05) is 31.2 Å². The van der Waals surface area contributed by atoms with E-state index < -0.39 is 11.7 Å². The molecule has 0 fully saturated rings. The summed E-state index contributed by atoms with van der Waals surface area (Å²) in [5.41, 5.74) is 4.61. The Morgan fingerprint density at radius 1 is 0.880 bits per heavy atom. The average Bonchev–Trinajstić information content (AvgIpc) is 2.78. The number of ketones is 1. The van der Waals surface area contributed by atoms with Crippen molar-refractivity contribution < 1.29 is 14.3 Å². The van der Waals surface area contributed by atoms with Crippen molar-refractivity contribution >= 4 is 17.4 Å². The van der Waals surface area contributed by atoms with E-state index in [2.05, 4.69) is 19.9 Å². The van der Waals surface area contributed by atoms with Crippen molar-refractivity contribution in [3.05, 3.63) is 58.7 Å². The van der Waals surface area contributed by atoms with E-state index in [0.717, 1.165) is 29.8 Å². The largest absolute Gasteiger partial charge is 0.494 e. The van der Waals surface area contributed by atoms with Crippen LogP contribution in [-0.4, -0.2) is 24.8 Å². The number of nitrogens with zero attached hydrogens (tertiary/aromatic N) is 1. The number of benzene rings is 2. The fourth-order valence-electron chi connectivity index (χ4n) is 3.21. The molecular weight excluding hydrogens is 314 g/mol. The molecule has 1 amide bonds. The highest BCUT2D eigenvalue weighted by molar-refractivity contribution is 6.52. The van der Waals surface area contributed by atoms with Crippen LogP contribution in [0.25, 0.3) is 0 Å². The molecule has 0 radical (unpaired) electrons. The molecular formula is C21H23NO3. The molecule has 0 spiro atoms. The Kier molecular flexibility index (Phi) is 4.88. The molecule has 130 valence electrons. The Labute approximate surface area is 148 Å². The molecule has 25 heavy (non-hydrogen) atoms. The Hall–Kier alpha value is -2.62. The summed E-state index contributed by atoms with van der Waals surface area (Å²) in [4.78, 5) is 25.9. The van der Waals surface area contributed by atoms with Crippen molar-refractivity contribution in [2.75, 3.05) is 18.1 Å². The Balaban J connectivity index is 1.53. The fraction of sp³-hybridized carbons (Fsp3) is 0.333. The summed E-state index contributed by atoms with van der Waals surface area (Å²) in [5.74, 6) is 0.0618. The number of anilines is 1. The highest BCUT2D eigenvalue weighted by Crippen LogP contribution is 2.29. The number of carbonyl (C=O) groups is 2. The van der Waals surface area contributed by atoms with Crippen molar-refractivity contribution in [1.82, 2.24) is 0 Å². The lowest BCUT2D eigenvalue weighted by molar-refractivity contribution is -0.114. The van der Waals surface area contributed by atoms with Gasteiger partial charge in [0, 0.05) is 6.54 Å². The zero-order chi connectivity index (χ0) is 18.0. The average molecular weight is 337 g/mol. The normalized spacial score (nSPS) is 13.3. The van der Waals surface area contributed by atoms with Crippen molar-refractivity contribution in [2.45, 2.75) is 33.6 Å². The van der Waals surface area contributed by atoms with Crippen molar-refractivity contribution in [1.29, 1.82) is 0 Å². The predicted molar refractivity (Wildman–Crippen MR) is 98.5 cm³/mol. The lowest BCUT2D eigenvalue weighted by Gasteiger charge is -2.16. The molecule has 1 aliphatic rings. The SMILES string of the molecule is Cc1cc(C)cc(OCCCCN2C(=O)C(=O)c3cc(C)ccc32)c1. The molecule has 0 unspecified atom stereocenters. The number of hydrogen-bond donors (Lipinski definition) is 0. The molecule has 0 saturated heterocycles. The summed E-state index contributed by atoms with van der Waals surface area (Å²) >= 11 is 0. The zero-order valence-corrected chi connectivity index (χ0v) is 15.0. The first kappa shape index (κ1) is 17.2. The van der Waals surface area contributed by atoms with E-state index >= 15 is 0 Å². The third-order valence-corrected chi connectivity index (χ3v) is 4.37. The standard InChI is InChI=1S/C21H23NO3/c1-14-6-7-19-18(13-14)20(23)21(24)22(19)8-4-5-9-25-17-11-15(2)10-16(3)12-17/h6-7,10-13H,4-5,8-9H2,1-3H3. The lowest BCUT2D eigenvalue weighted by Crippen LogP contribution is -2.30. The van der Waals surface area contributed by atoms with Gasteiger partial charge < -0.3 is 9.64 Å². The molecule has 0 N–H and O–H groups in total. The zero-order valence-electron chi connectivity index (χ0n) is 15.0.